The van der Waals surface area contributed by atoms with Gasteiger partial charge in [-0.15, -0.1) is 0 Å². The molecule has 4 heterocycles. The van der Waals surface area contributed by atoms with Gasteiger partial charge in [0.1, 0.15) is 30.1 Å². The summed E-state index contributed by atoms with van der Waals surface area (Å²) >= 11 is 0. The van der Waals surface area contributed by atoms with Crippen molar-refractivity contribution in [2.75, 3.05) is 27.9 Å². The number of esters is 1. The molecule has 4 fully saturated rings. The molecule has 4 aliphatic heterocycles. The third-order valence-electron chi connectivity index (χ3n) is 15.1. The van der Waals surface area contributed by atoms with Crippen LogP contribution >= 0.6 is 0 Å². The molecule has 1 amide bonds. The normalized spacial score (nSPS) is 44.3. The number of Topliss-reactive ketones (excluding diaryl/α,β-unsaturated/α-hetero) is 2. The lowest BCUT2D eigenvalue weighted by Crippen LogP contribution is -2.66. The summed E-state index contributed by atoms with van der Waals surface area (Å²) in [6, 6.07) is -1.06. The van der Waals surface area contributed by atoms with E-state index in [0.29, 0.717) is 69.8 Å². The average Bonchev–Trinajstić information content (AvgIpc) is 3.27. The van der Waals surface area contributed by atoms with Gasteiger partial charge in [0.05, 0.1) is 24.4 Å². The van der Waals surface area contributed by atoms with Gasteiger partial charge in [0.15, 0.2) is 11.9 Å². The van der Waals surface area contributed by atoms with Crippen LogP contribution in [0.25, 0.3) is 0 Å². The number of carbonyl (C=O) groups is 4. The summed E-state index contributed by atoms with van der Waals surface area (Å²) in [4.78, 5) is 58.0. The van der Waals surface area contributed by atoms with Gasteiger partial charge in [0.25, 0.3) is 5.91 Å². The lowest BCUT2D eigenvalue weighted by atomic mass is 9.68. The summed E-state index contributed by atoms with van der Waals surface area (Å²) in [7, 11) is 4.56. The Morgan fingerprint density at radius 2 is 1.58 bits per heavy atom. The third kappa shape index (κ3) is 12.1. The fourth-order valence-electron chi connectivity index (χ4n) is 11.1. The van der Waals surface area contributed by atoms with E-state index in [-0.39, 0.29) is 54.5 Å². The predicted octanol–water partition coefficient (Wildman–Crippen LogP) is 5.19. The smallest absolute Gasteiger partial charge is 0.329 e. The number of aliphatic hydroxyl groups is 4. The van der Waals surface area contributed by atoms with Gasteiger partial charge in [-0.25, -0.2) is 4.79 Å². The van der Waals surface area contributed by atoms with E-state index in [0.717, 1.165) is 5.57 Å². The lowest BCUT2D eigenvalue weighted by molar-refractivity contribution is -0.317. The van der Waals surface area contributed by atoms with Crippen LogP contribution in [-0.2, 0) is 42.9 Å². The Morgan fingerprint density at radius 1 is 0.844 bits per heavy atom. The van der Waals surface area contributed by atoms with Crippen molar-refractivity contribution < 1.29 is 63.3 Å². The Labute approximate surface area is 380 Å². The molecule has 64 heavy (non-hydrogen) atoms. The van der Waals surface area contributed by atoms with Crippen molar-refractivity contribution in [2.24, 2.45) is 41.4 Å². The molecule has 2 unspecified atom stereocenters. The van der Waals surface area contributed by atoms with Gasteiger partial charge < -0.3 is 49.0 Å². The quantitative estimate of drug-likeness (QED) is 0.208. The number of allylic oxidation sites excluding steroid dienone is 6. The molecule has 1 saturated carbocycles. The molecule has 0 spiro atoms. The van der Waals surface area contributed by atoms with E-state index in [4.69, 9.17) is 23.7 Å². The highest BCUT2D eigenvalue weighted by atomic mass is 16.6. The van der Waals surface area contributed by atoms with E-state index in [2.05, 4.69) is 0 Å². The SMILES string of the molecule is CO[C@H]1C[C@@H]2CC[C@@H](C)[C@@](O)(O2)C(O)C(=O)N2CCCC3[C@H]2C(=O)O[C@@H](CC(=O)[C@H](C)/C=C(\C)[C@@H](O)[C@@H](OC)C(=O)[C@H](C)C[C@H](C)/C=C/C=C/C=C/1C)[C@H]3C[C@@H]1CC[C@@H](O)[C@H](OC)C1. The fraction of sp³-hybridized carbons (Fsp3) is 0.760. The maximum Gasteiger partial charge on any atom is 0.329 e. The van der Waals surface area contributed by atoms with Crippen molar-refractivity contribution in [1.82, 2.24) is 4.90 Å². The maximum absolute atomic E-state index is 14.5. The number of carbonyl (C=O) groups excluding carboxylic acids is 4. The molecule has 4 N–H and O–H groups in total. The number of amides is 1. The topological polar surface area (TPSA) is 199 Å². The summed E-state index contributed by atoms with van der Waals surface area (Å²) < 4.78 is 29.6. The van der Waals surface area contributed by atoms with Crippen LogP contribution in [0.2, 0.25) is 0 Å². The zero-order valence-electron chi connectivity index (χ0n) is 39.6. The van der Waals surface area contributed by atoms with Crippen LogP contribution < -0.4 is 0 Å². The van der Waals surface area contributed by atoms with Crippen LogP contribution in [0.5, 0.6) is 0 Å². The first-order valence-corrected chi connectivity index (χ1v) is 23.6. The van der Waals surface area contributed by atoms with E-state index >= 15 is 0 Å². The minimum atomic E-state index is -2.24. The first-order chi connectivity index (χ1) is 30.3. The van der Waals surface area contributed by atoms with Gasteiger partial charge >= 0.3 is 5.97 Å². The number of nitrogens with zero attached hydrogens (tertiary/aromatic N) is 1. The summed E-state index contributed by atoms with van der Waals surface area (Å²) in [5, 5.41) is 46.0. The van der Waals surface area contributed by atoms with E-state index in [9.17, 15) is 39.6 Å². The van der Waals surface area contributed by atoms with Crippen molar-refractivity contribution in [3.05, 3.63) is 47.6 Å². The number of methoxy groups -OCH3 is 3. The molecule has 14 heteroatoms. The largest absolute Gasteiger partial charge is 0.460 e. The van der Waals surface area contributed by atoms with E-state index in [1.165, 1.54) is 12.0 Å². The Kier molecular flexibility index (Phi) is 18.7. The Hall–Kier alpha value is -3.08. The molecule has 360 valence electrons. The molecule has 0 radical (unpaired) electrons. The van der Waals surface area contributed by atoms with Gasteiger partial charge in [-0.1, -0.05) is 64.2 Å². The first kappa shape index (κ1) is 51.9. The number of piperidine rings is 1. The van der Waals surface area contributed by atoms with Crippen LogP contribution in [0.4, 0.5) is 0 Å². The van der Waals surface area contributed by atoms with E-state index in [1.54, 1.807) is 41.1 Å². The molecule has 1 aliphatic carbocycles. The molecule has 5 aliphatic rings. The van der Waals surface area contributed by atoms with Crippen LogP contribution in [-0.4, -0.2) is 137 Å². The van der Waals surface area contributed by atoms with Crippen LogP contribution in [0.15, 0.2) is 47.6 Å². The number of rotatable bonds is 5. The fourth-order valence-corrected chi connectivity index (χ4v) is 11.1. The van der Waals surface area contributed by atoms with Gasteiger partial charge in [-0.3, -0.25) is 14.4 Å². The minimum absolute atomic E-state index is 0.0302. The number of aliphatic hydroxyl groups excluding tert-OH is 3. The highest BCUT2D eigenvalue weighted by Gasteiger charge is 2.57. The number of ether oxygens (including phenoxy) is 5. The highest BCUT2D eigenvalue weighted by molar-refractivity contribution is 5.89. The van der Waals surface area contributed by atoms with Crippen LogP contribution in [0.1, 0.15) is 112 Å². The molecule has 0 aromatic rings. The first-order valence-electron chi connectivity index (χ1n) is 23.6. The molecule has 5 rings (SSSR count). The summed E-state index contributed by atoms with van der Waals surface area (Å²) in [6.45, 7) is 11.0. The van der Waals surface area contributed by atoms with Crippen LogP contribution in [0, 0.1) is 41.4 Å². The van der Waals surface area contributed by atoms with Crippen molar-refractivity contribution in [3.8, 4) is 0 Å². The van der Waals surface area contributed by atoms with Gasteiger partial charge in [0, 0.05) is 64.4 Å². The summed E-state index contributed by atoms with van der Waals surface area (Å²) in [5.41, 5.74) is 1.31. The van der Waals surface area contributed by atoms with Gasteiger partial charge in [-0.2, -0.15) is 0 Å². The van der Waals surface area contributed by atoms with E-state index in [1.807, 2.05) is 51.2 Å². The molecule has 17 atom stereocenters. The summed E-state index contributed by atoms with van der Waals surface area (Å²) in [6.07, 6.45) is 9.33. The van der Waals surface area contributed by atoms with Crippen molar-refractivity contribution in [2.45, 2.75) is 173 Å². The lowest BCUT2D eigenvalue weighted by Gasteiger charge is -2.51. The predicted molar refractivity (Wildman–Crippen MR) is 239 cm³/mol. The highest BCUT2D eigenvalue weighted by Crippen LogP contribution is 2.46. The standard InChI is InChI=1S/C50H77NO13/c1-28-14-11-10-12-15-29(2)40(60-7)26-35-19-17-33(6)50(59,64-35)47(56)48(57)51-21-13-16-36-37(24-34-18-20-38(52)42(25-34)61-8)41(63-49(58)43(36)51)27-39(53)30(3)23-32(5)45(55)46(62-9)44(54)31(4)22-28/h10-12,14-15,23,28,30-31,33-38,40-43,45-47,52,55-56,59H,13,16-22,24-27H2,1-9H3/b12-10+,14-11+,29-15+,32-23+/t28-,30-,31-,33-,34+,35+,36?,37+,38-,40+,41+,42-,43+,45-,46+,47?,50-/m1/s1. The average molecular weight is 900 g/mol. The number of hydrogen-bond acceptors (Lipinski definition) is 13. The second-order valence-corrected chi connectivity index (χ2v) is 19.7. The molecule has 6 bridgehead atoms. The molecular weight excluding hydrogens is 823 g/mol. The van der Waals surface area contributed by atoms with Gasteiger partial charge in [0.2, 0.25) is 5.79 Å². The molecule has 0 aromatic carbocycles. The number of hydrogen-bond donors (Lipinski definition) is 4. The minimum Gasteiger partial charge on any atom is -0.460 e. The second kappa shape index (κ2) is 23.1. The number of ketones is 2. The van der Waals surface area contributed by atoms with Crippen molar-refractivity contribution >= 4 is 23.4 Å². The summed E-state index contributed by atoms with van der Waals surface area (Å²) in [5.74, 6) is -6.64. The second-order valence-electron chi connectivity index (χ2n) is 19.7. The molecule has 0 aromatic heterocycles. The number of fused-ring (bicyclic) bond motifs is 3. The Bertz CT molecular complexity index is 1740. The van der Waals surface area contributed by atoms with E-state index < -0.39 is 84.0 Å². The third-order valence-corrected chi connectivity index (χ3v) is 15.1. The molecule has 14 nitrogen and oxygen atoms in total. The molecular formula is C50H77NO13. The van der Waals surface area contributed by atoms with Crippen molar-refractivity contribution in [3.63, 3.8) is 0 Å². The Balaban J connectivity index is 1.50. The maximum atomic E-state index is 14.5. The van der Waals surface area contributed by atoms with Crippen molar-refractivity contribution in [1.29, 1.82) is 0 Å². The zero-order valence-corrected chi connectivity index (χ0v) is 39.6. The van der Waals surface area contributed by atoms with Gasteiger partial charge in [-0.05, 0) is 101 Å². The zero-order chi connectivity index (χ0) is 47.0. The van der Waals surface area contributed by atoms with Crippen LogP contribution in [0.3, 0.4) is 0 Å². The molecule has 3 saturated heterocycles. The Morgan fingerprint density at radius 3 is 2.27 bits per heavy atom. The monoisotopic (exact) mass is 900 g/mol.